The number of ether oxygens (including phenoxy) is 1. The van der Waals surface area contributed by atoms with Gasteiger partial charge in [0.25, 0.3) is 5.91 Å². The largest absolute Gasteiger partial charge is 0.378 e. The quantitative estimate of drug-likeness (QED) is 0.388. The van der Waals surface area contributed by atoms with Gasteiger partial charge in [-0.15, -0.1) is 0 Å². The van der Waals surface area contributed by atoms with Crippen LogP contribution in [0.5, 0.6) is 0 Å². The number of nitrogens with zero attached hydrogens (tertiary/aromatic N) is 8. The van der Waals surface area contributed by atoms with Crippen LogP contribution < -0.4 is 15.5 Å². The van der Waals surface area contributed by atoms with E-state index in [9.17, 15) is 9.59 Å². The van der Waals surface area contributed by atoms with Gasteiger partial charge in [0.2, 0.25) is 0 Å². The Hall–Kier alpha value is -4.65. The highest BCUT2D eigenvalue weighted by Gasteiger charge is 2.28. The molecule has 3 aromatic heterocycles. The van der Waals surface area contributed by atoms with Gasteiger partial charge in [-0.2, -0.15) is 5.10 Å². The number of rotatable bonds is 5. The van der Waals surface area contributed by atoms with E-state index in [0.29, 0.717) is 43.5 Å². The van der Waals surface area contributed by atoms with Gasteiger partial charge in [0.15, 0.2) is 11.5 Å². The van der Waals surface area contributed by atoms with Crippen molar-refractivity contribution in [3.8, 4) is 11.4 Å². The first-order valence-corrected chi connectivity index (χ1v) is 13.3. The van der Waals surface area contributed by atoms with Crippen LogP contribution in [0, 0.1) is 0 Å². The van der Waals surface area contributed by atoms with Gasteiger partial charge in [0.05, 0.1) is 37.0 Å². The van der Waals surface area contributed by atoms with E-state index in [1.54, 1.807) is 13.2 Å². The summed E-state index contributed by atoms with van der Waals surface area (Å²) in [7, 11) is 1.57. The predicted octanol–water partition coefficient (Wildman–Crippen LogP) is 2.35. The number of piperidine rings is 1. The van der Waals surface area contributed by atoms with Crippen molar-refractivity contribution in [1.82, 2.24) is 39.9 Å². The summed E-state index contributed by atoms with van der Waals surface area (Å²) >= 11 is 0. The Kier molecular flexibility index (Phi) is 7.19. The predicted molar refractivity (Wildman–Crippen MR) is 148 cm³/mol. The molecule has 2 fully saturated rings. The minimum Gasteiger partial charge on any atom is -0.378 e. The average molecular weight is 543 g/mol. The zero-order valence-corrected chi connectivity index (χ0v) is 22.2. The molecule has 40 heavy (non-hydrogen) atoms. The SMILES string of the molecule is CNC(=O)Nc1ccc(-c2nc(N3CCOCC3)c3cnn(C4CCN(C(=O)c5cnccn5)CC4)c3n2)cc1. The number of fused-ring (bicyclic) bond motifs is 1. The fraction of sp³-hybridized carbons (Fsp3) is 0.370. The van der Waals surface area contributed by atoms with E-state index in [0.717, 1.165) is 48.3 Å². The number of amides is 3. The number of urea groups is 1. The fourth-order valence-electron chi connectivity index (χ4n) is 5.10. The minimum absolute atomic E-state index is 0.0860. The van der Waals surface area contributed by atoms with Gasteiger partial charge < -0.3 is 25.2 Å². The summed E-state index contributed by atoms with van der Waals surface area (Å²) in [5.74, 6) is 1.31. The molecular formula is C27H30N10O3. The maximum Gasteiger partial charge on any atom is 0.318 e. The van der Waals surface area contributed by atoms with Crippen LogP contribution in [0.25, 0.3) is 22.4 Å². The Morgan fingerprint density at radius 2 is 1.75 bits per heavy atom. The van der Waals surface area contributed by atoms with E-state index in [4.69, 9.17) is 19.8 Å². The molecule has 5 heterocycles. The maximum atomic E-state index is 12.9. The second-order valence-electron chi connectivity index (χ2n) is 9.69. The number of hydrogen-bond donors (Lipinski definition) is 2. The van der Waals surface area contributed by atoms with Crippen molar-refractivity contribution in [2.45, 2.75) is 18.9 Å². The number of likely N-dealkylation sites (tertiary alicyclic amines) is 1. The number of hydrogen-bond acceptors (Lipinski definition) is 9. The molecule has 0 saturated carbocycles. The van der Waals surface area contributed by atoms with Crippen LogP contribution in [0.4, 0.5) is 16.3 Å². The average Bonchev–Trinajstić information content (AvgIpc) is 3.45. The number of nitrogens with one attached hydrogen (secondary N) is 2. The van der Waals surface area contributed by atoms with Crippen molar-refractivity contribution in [3.63, 3.8) is 0 Å². The summed E-state index contributed by atoms with van der Waals surface area (Å²) in [5, 5.41) is 11.0. The Morgan fingerprint density at radius 1 is 0.975 bits per heavy atom. The molecule has 0 radical (unpaired) electrons. The van der Waals surface area contributed by atoms with E-state index < -0.39 is 0 Å². The van der Waals surface area contributed by atoms with Crippen LogP contribution in [0.1, 0.15) is 29.4 Å². The summed E-state index contributed by atoms with van der Waals surface area (Å²) in [6.45, 7) is 3.91. The molecule has 0 aliphatic carbocycles. The number of morpholine rings is 1. The molecule has 6 rings (SSSR count). The third-order valence-corrected chi connectivity index (χ3v) is 7.25. The Balaban J connectivity index is 1.30. The number of benzene rings is 1. The van der Waals surface area contributed by atoms with Gasteiger partial charge in [0.1, 0.15) is 11.5 Å². The molecular weight excluding hydrogens is 512 g/mol. The van der Waals surface area contributed by atoms with Crippen LogP contribution in [0.2, 0.25) is 0 Å². The van der Waals surface area contributed by atoms with Gasteiger partial charge >= 0.3 is 6.03 Å². The molecule has 13 heteroatoms. The van der Waals surface area contributed by atoms with Crippen LogP contribution in [0.3, 0.4) is 0 Å². The van der Waals surface area contributed by atoms with Crippen molar-refractivity contribution >= 4 is 34.5 Å². The number of anilines is 2. The van der Waals surface area contributed by atoms with Crippen molar-refractivity contribution in [2.75, 3.05) is 56.7 Å². The van der Waals surface area contributed by atoms with Crippen LogP contribution in [-0.4, -0.2) is 93.0 Å². The standard InChI is InChI=1S/C27H30N10O3/c1-28-27(39)32-19-4-2-18(3-5-19)23-33-24(35-12-14-40-15-13-35)21-16-31-37(25(21)34-23)20-6-10-36(11-7-20)26(38)22-17-29-8-9-30-22/h2-5,8-9,16-17,20H,6-7,10-15H2,1H3,(H2,28,32,39). The molecule has 3 amide bonds. The third-order valence-electron chi connectivity index (χ3n) is 7.25. The van der Waals surface area contributed by atoms with Crippen molar-refractivity contribution in [3.05, 3.63) is 54.7 Å². The van der Waals surface area contributed by atoms with Crippen molar-refractivity contribution < 1.29 is 14.3 Å². The second-order valence-corrected chi connectivity index (χ2v) is 9.69. The number of carbonyl (C=O) groups is 2. The van der Waals surface area contributed by atoms with Crippen molar-refractivity contribution in [1.29, 1.82) is 0 Å². The van der Waals surface area contributed by atoms with Gasteiger partial charge in [-0.3, -0.25) is 9.78 Å². The lowest BCUT2D eigenvalue weighted by molar-refractivity contribution is 0.0685. The van der Waals surface area contributed by atoms with Gasteiger partial charge in [-0.1, -0.05) is 0 Å². The lowest BCUT2D eigenvalue weighted by atomic mass is 10.0. The highest BCUT2D eigenvalue weighted by Crippen LogP contribution is 2.32. The van der Waals surface area contributed by atoms with E-state index >= 15 is 0 Å². The van der Waals surface area contributed by atoms with Gasteiger partial charge in [-0.25, -0.2) is 24.4 Å². The van der Waals surface area contributed by atoms with Crippen LogP contribution in [-0.2, 0) is 4.74 Å². The first kappa shape index (κ1) is 25.6. The molecule has 1 aromatic carbocycles. The third kappa shape index (κ3) is 5.15. The summed E-state index contributed by atoms with van der Waals surface area (Å²) in [4.78, 5) is 46.7. The molecule has 2 aliphatic heterocycles. The molecule has 13 nitrogen and oxygen atoms in total. The molecule has 2 aliphatic rings. The lowest BCUT2D eigenvalue weighted by Gasteiger charge is -2.32. The van der Waals surface area contributed by atoms with Gasteiger partial charge in [-0.05, 0) is 37.1 Å². The first-order valence-electron chi connectivity index (χ1n) is 13.3. The Morgan fingerprint density at radius 3 is 2.45 bits per heavy atom. The van der Waals surface area contributed by atoms with Crippen LogP contribution in [0.15, 0.2) is 49.1 Å². The molecule has 2 N–H and O–H groups in total. The normalized spacial score (nSPS) is 16.2. The molecule has 0 atom stereocenters. The van der Waals surface area contributed by atoms with Crippen LogP contribution >= 0.6 is 0 Å². The zero-order valence-electron chi connectivity index (χ0n) is 22.2. The number of aromatic nitrogens is 6. The smallest absolute Gasteiger partial charge is 0.318 e. The zero-order chi connectivity index (χ0) is 27.5. The number of carbonyl (C=O) groups excluding carboxylic acids is 2. The van der Waals surface area contributed by atoms with Crippen molar-refractivity contribution in [2.24, 2.45) is 0 Å². The molecule has 2 saturated heterocycles. The summed E-state index contributed by atoms with van der Waals surface area (Å²) in [6, 6.07) is 7.25. The van der Waals surface area contributed by atoms with E-state index in [1.807, 2.05) is 40.0 Å². The maximum absolute atomic E-state index is 12.9. The molecule has 0 unspecified atom stereocenters. The summed E-state index contributed by atoms with van der Waals surface area (Å²) < 4.78 is 7.56. The van der Waals surface area contributed by atoms with E-state index in [2.05, 4.69) is 25.5 Å². The molecule has 0 spiro atoms. The topological polar surface area (TPSA) is 143 Å². The molecule has 4 aromatic rings. The summed E-state index contributed by atoms with van der Waals surface area (Å²) in [5.41, 5.74) is 2.62. The fourth-order valence-corrected chi connectivity index (χ4v) is 5.10. The Labute approximate surface area is 230 Å². The Bertz CT molecular complexity index is 1490. The monoisotopic (exact) mass is 542 g/mol. The molecule has 206 valence electrons. The summed E-state index contributed by atoms with van der Waals surface area (Å²) in [6.07, 6.45) is 7.93. The van der Waals surface area contributed by atoms with E-state index in [-0.39, 0.29) is 18.0 Å². The second kappa shape index (κ2) is 11.2. The lowest BCUT2D eigenvalue weighted by Crippen LogP contribution is -2.39. The van der Waals surface area contributed by atoms with E-state index in [1.165, 1.54) is 12.4 Å². The minimum atomic E-state index is -0.284. The highest BCUT2D eigenvalue weighted by atomic mass is 16.5. The molecule has 0 bridgehead atoms. The van der Waals surface area contributed by atoms with Gasteiger partial charge in [0, 0.05) is 56.9 Å². The highest BCUT2D eigenvalue weighted by molar-refractivity contribution is 5.92. The first-order chi connectivity index (χ1) is 19.6.